The van der Waals surface area contributed by atoms with E-state index in [0.717, 1.165) is 12.1 Å². The predicted molar refractivity (Wildman–Crippen MR) is 102 cm³/mol. The third-order valence-corrected chi connectivity index (χ3v) is 4.68. The molecular weight excluding hydrogens is 415 g/mol. The highest BCUT2D eigenvalue weighted by Crippen LogP contribution is 2.27. The number of alkyl halides is 3. The number of ether oxygens (including phenoxy) is 1. The van der Waals surface area contributed by atoms with E-state index < -0.39 is 18.3 Å². The molecule has 2 heterocycles. The van der Waals surface area contributed by atoms with Crippen molar-refractivity contribution in [2.24, 2.45) is 7.05 Å². The van der Waals surface area contributed by atoms with E-state index in [2.05, 4.69) is 25.1 Å². The van der Waals surface area contributed by atoms with Crippen LogP contribution >= 0.6 is 0 Å². The molecule has 0 saturated heterocycles. The highest BCUT2D eigenvalue weighted by atomic mass is 19.4. The molecule has 11 heteroatoms. The number of benzene rings is 1. The van der Waals surface area contributed by atoms with Gasteiger partial charge in [0.2, 0.25) is 0 Å². The summed E-state index contributed by atoms with van der Waals surface area (Å²) in [7, 11) is 1.71. The number of aryl methyl sites for hydroxylation is 1. The summed E-state index contributed by atoms with van der Waals surface area (Å²) in [5, 5.41) is 6.70. The van der Waals surface area contributed by atoms with Crippen molar-refractivity contribution in [3.8, 4) is 28.4 Å². The molecule has 1 N–H and O–H groups in total. The first kappa shape index (κ1) is 20.5. The minimum absolute atomic E-state index is 0.0270. The Bertz CT molecular complexity index is 1140. The monoisotopic (exact) mass is 431 g/mol. The lowest BCUT2D eigenvalue weighted by molar-refractivity contribution is -0.274. The fourth-order valence-electron chi connectivity index (χ4n) is 3.00. The van der Waals surface area contributed by atoms with E-state index in [0.29, 0.717) is 29.7 Å². The van der Waals surface area contributed by atoms with Gasteiger partial charge in [0, 0.05) is 25.2 Å². The Hall–Kier alpha value is -3.76. The maximum Gasteiger partial charge on any atom is 0.573 e. The Kier molecular flexibility index (Phi) is 5.17. The number of amides is 1. The van der Waals surface area contributed by atoms with Crippen molar-refractivity contribution >= 4 is 11.7 Å². The van der Waals surface area contributed by atoms with Gasteiger partial charge in [-0.3, -0.25) is 14.3 Å². The fourth-order valence-corrected chi connectivity index (χ4v) is 3.00. The van der Waals surface area contributed by atoms with E-state index in [9.17, 15) is 22.8 Å². The second-order valence-corrected chi connectivity index (χ2v) is 6.97. The standard InChI is InChI=1S/C20H16F3N5O3/c1-28-10-12(9-24-28)18-25-15(11-2-4-13(5-3-11)31-20(21,22)23)8-16(26-18)19(30)27-14-6-7-17(14)29/h2-5,8-10,14H,6-7H2,1H3,(H,27,30)/t14-/m1/s1. The van der Waals surface area contributed by atoms with Gasteiger partial charge in [0.1, 0.15) is 11.4 Å². The van der Waals surface area contributed by atoms with Crippen molar-refractivity contribution < 1.29 is 27.5 Å². The molecule has 160 valence electrons. The summed E-state index contributed by atoms with van der Waals surface area (Å²) < 4.78 is 42.6. The highest BCUT2D eigenvalue weighted by Gasteiger charge is 2.31. The van der Waals surface area contributed by atoms with Gasteiger partial charge in [-0.25, -0.2) is 9.97 Å². The van der Waals surface area contributed by atoms with Gasteiger partial charge in [-0.2, -0.15) is 5.10 Å². The van der Waals surface area contributed by atoms with Crippen LogP contribution in [-0.2, 0) is 11.8 Å². The lowest BCUT2D eigenvalue weighted by atomic mass is 9.91. The first-order valence-corrected chi connectivity index (χ1v) is 9.26. The van der Waals surface area contributed by atoms with Crippen molar-refractivity contribution in [1.82, 2.24) is 25.1 Å². The van der Waals surface area contributed by atoms with Gasteiger partial charge in [0.05, 0.1) is 23.5 Å². The molecule has 3 aromatic rings. The molecule has 1 saturated carbocycles. The quantitative estimate of drug-likeness (QED) is 0.667. The molecule has 0 spiro atoms. The number of aromatic nitrogens is 4. The van der Waals surface area contributed by atoms with Gasteiger partial charge in [0.25, 0.3) is 5.91 Å². The first-order valence-electron chi connectivity index (χ1n) is 9.26. The first-order chi connectivity index (χ1) is 14.7. The normalized spacial score (nSPS) is 16.0. The molecule has 1 atom stereocenters. The van der Waals surface area contributed by atoms with Crippen molar-refractivity contribution in [2.45, 2.75) is 25.2 Å². The number of hydrogen-bond donors (Lipinski definition) is 1. The van der Waals surface area contributed by atoms with E-state index in [1.165, 1.54) is 24.4 Å². The highest BCUT2D eigenvalue weighted by molar-refractivity contribution is 5.99. The topological polar surface area (TPSA) is 99.0 Å². The minimum Gasteiger partial charge on any atom is -0.406 e. The van der Waals surface area contributed by atoms with Crippen molar-refractivity contribution in [3.05, 3.63) is 48.4 Å². The number of carbonyl (C=O) groups is 2. The number of hydrogen-bond acceptors (Lipinski definition) is 6. The summed E-state index contributed by atoms with van der Waals surface area (Å²) in [6.45, 7) is 0. The molecule has 8 nitrogen and oxygen atoms in total. The number of rotatable bonds is 5. The lowest BCUT2D eigenvalue weighted by Gasteiger charge is -2.24. The van der Waals surface area contributed by atoms with Crippen LogP contribution in [0.25, 0.3) is 22.6 Å². The summed E-state index contributed by atoms with van der Waals surface area (Å²) >= 11 is 0. The summed E-state index contributed by atoms with van der Waals surface area (Å²) in [6, 6.07) is 5.98. The van der Waals surface area contributed by atoms with E-state index in [1.807, 2.05) is 0 Å². The molecule has 2 aromatic heterocycles. The molecule has 0 unspecified atom stereocenters. The number of nitrogens with one attached hydrogen (secondary N) is 1. The molecule has 1 aliphatic carbocycles. The predicted octanol–water partition coefficient (Wildman–Crippen LogP) is 2.90. The molecule has 4 rings (SSSR count). The zero-order valence-corrected chi connectivity index (χ0v) is 16.2. The SMILES string of the molecule is Cn1cc(-c2nc(C(=O)N[C@@H]3CCC3=O)cc(-c3ccc(OC(F)(F)F)cc3)n2)cn1. The molecule has 1 fully saturated rings. The van der Waals surface area contributed by atoms with Crippen LogP contribution in [0.1, 0.15) is 23.3 Å². The third-order valence-electron chi connectivity index (χ3n) is 4.68. The van der Waals surface area contributed by atoms with Gasteiger partial charge >= 0.3 is 6.36 Å². The lowest BCUT2D eigenvalue weighted by Crippen LogP contribution is -2.47. The smallest absolute Gasteiger partial charge is 0.406 e. The average molecular weight is 431 g/mol. The molecule has 1 aliphatic rings. The van der Waals surface area contributed by atoms with E-state index in [4.69, 9.17) is 0 Å². The molecule has 0 aliphatic heterocycles. The Morgan fingerprint density at radius 1 is 1.19 bits per heavy atom. The Morgan fingerprint density at radius 2 is 1.94 bits per heavy atom. The maximum atomic E-state index is 12.7. The van der Waals surface area contributed by atoms with Gasteiger partial charge in [-0.1, -0.05) is 0 Å². The Labute approximate surface area is 174 Å². The van der Waals surface area contributed by atoms with Crippen LogP contribution in [0.5, 0.6) is 5.75 Å². The minimum atomic E-state index is -4.80. The van der Waals surface area contributed by atoms with Crippen LogP contribution in [0.3, 0.4) is 0 Å². The molecule has 31 heavy (non-hydrogen) atoms. The summed E-state index contributed by atoms with van der Waals surface area (Å²) in [4.78, 5) is 32.9. The molecule has 0 radical (unpaired) electrons. The second-order valence-electron chi connectivity index (χ2n) is 6.97. The zero-order chi connectivity index (χ0) is 22.2. The van der Waals surface area contributed by atoms with Gasteiger partial charge in [-0.05, 0) is 36.8 Å². The van der Waals surface area contributed by atoms with E-state index >= 15 is 0 Å². The number of halogens is 3. The fraction of sp³-hybridized carbons (Fsp3) is 0.250. The zero-order valence-electron chi connectivity index (χ0n) is 16.2. The third kappa shape index (κ3) is 4.71. The molecule has 0 bridgehead atoms. The molecular formula is C20H16F3N5O3. The van der Waals surface area contributed by atoms with Crippen molar-refractivity contribution in [1.29, 1.82) is 0 Å². The second kappa shape index (κ2) is 7.82. The number of carbonyl (C=O) groups excluding carboxylic acids is 2. The number of Topliss-reactive ketones (excluding diaryl/α,β-unsaturated/α-hetero) is 1. The summed E-state index contributed by atoms with van der Waals surface area (Å²) in [5.41, 5.74) is 1.35. The van der Waals surface area contributed by atoms with Gasteiger partial charge in [0.15, 0.2) is 11.6 Å². The van der Waals surface area contributed by atoms with Crippen LogP contribution in [0.4, 0.5) is 13.2 Å². The Balaban J connectivity index is 1.69. The van der Waals surface area contributed by atoms with Crippen molar-refractivity contribution in [3.63, 3.8) is 0 Å². The van der Waals surface area contributed by atoms with Crippen LogP contribution in [-0.4, -0.2) is 43.8 Å². The molecule has 1 aromatic carbocycles. The van der Waals surface area contributed by atoms with Crippen LogP contribution in [0, 0.1) is 0 Å². The van der Waals surface area contributed by atoms with Gasteiger partial charge in [-0.15, -0.1) is 13.2 Å². The van der Waals surface area contributed by atoms with E-state index in [-0.39, 0.29) is 23.1 Å². The van der Waals surface area contributed by atoms with Crippen LogP contribution in [0.15, 0.2) is 42.7 Å². The van der Waals surface area contributed by atoms with Crippen molar-refractivity contribution in [2.75, 3.05) is 0 Å². The summed E-state index contributed by atoms with van der Waals surface area (Å²) in [6.07, 6.45) is -0.618. The van der Waals surface area contributed by atoms with E-state index in [1.54, 1.807) is 17.9 Å². The Morgan fingerprint density at radius 3 is 2.48 bits per heavy atom. The maximum absolute atomic E-state index is 12.7. The summed E-state index contributed by atoms with van der Waals surface area (Å²) in [5.74, 6) is -0.746. The van der Waals surface area contributed by atoms with Crippen LogP contribution < -0.4 is 10.1 Å². The largest absolute Gasteiger partial charge is 0.573 e. The van der Waals surface area contributed by atoms with Crippen LogP contribution in [0.2, 0.25) is 0 Å². The van der Waals surface area contributed by atoms with Gasteiger partial charge < -0.3 is 10.1 Å². The molecule has 1 amide bonds. The average Bonchev–Trinajstić information content (AvgIpc) is 3.16. The number of nitrogens with zero attached hydrogens (tertiary/aromatic N) is 4. The number of ketones is 1.